The fourth-order valence-electron chi connectivity index (χ4n) is 1.99. The first-order valence-corrected chi connectivity index (χ1v) is 6.88. The highest BCUT2D eigenvalue weighted by molar-refractivity contribution is 6.53. The molecule has 0 aromatic heterocycles. The van der Waals surface area contributed by atoms with Crippen LogP contribution < -0.4 is 0 Å². The highest BCUT2D eigenvalue weighted by Gasteiger charge is 2.28. The third-order valence-corrected chi connectivity index (χ3v) is 4.09. The summed E-state index contributed by atoms with van der Waals surface area (Å²) in [6.45, 7) is 0. The van der Waals surface area contributed by atoms with E-state index >= 15 is 0 Å². The van der Waals surface area contributed by atoms with Gasteiger partial charge < -0.3 is 4.74 Å². The van der Waals surface area contributed by atoms with Crippen molar-refractivity contribution >= 4 is 51.6 Å². The van der Waals surface area contributed by atoms with Crippen LogP contribution in [0.25, 0.3) is 10.8 Å². The molecule has 0 amide bonds. The molecule has 2 nitrogen and oxygen atoms in total. The van der Waals surface area contributed by atoms with Gasteiger partial charge in [-0.1, -0.05) is 59.1 Å². The largest absolute Gasteiger partial charge is 0.421 e. The van der Waals surface area contributed by atoms with E-state index in [4.69, 9.17) is 39.5 Å². The van der Waals surface area contributed by atoms with Crippen LogP contribution in [0.15, 0.2) is 42.5 Å². The Morgan fingerprint density at radius 1 is 0.950 bits per heavy atom. The van der Waals surface area contributed by atoms with Gasteiger partial charge in [0.1, 0.15) is 0 Å². The quantitative estimate of drug-likeness (QED) is 0.671. The molecule has 0 saturated heterocycles. The fourth-order valence-corrected chi connectivity index (χ4v) is 2.54. The summed E-state index contributed by atoms with van der Waals surface area (Å²) in [5.74, 6) is -0.0699. The highest BCUT2D eigenvalue weighted by atomic mass is 35.5. The predicted molar refractivity (Wildman–Crippen MR) is 81.0 cm³/mol. The molecule has 1 heterocycles. The molecule has 0 saturated carbocycles. The van der Waals surface area contributed by atoms with Gasteiger partial charge in [-0.05, 0) is 23.8 Å². The molecule has 0 radical (unpaired) electrons. The van der Waals surface area contributed by atoms with Gasteiger partial charge in [0.15, 0.2) is 5.76 Å². The minimum atomic E-state index is -0.409. The van der Waals surface area contributed by atoms with Gasteiger partial charge in [0.25, 0.3) is 0 Å². The third kappa shape index (κ3) is 2.20. The second-order valence-corrected chi connectivity index (χ2v) is 5.40. The Morgan fingerprint density at radius 3 is 2.35 bits per heavy atom. The molecule has 1 aliphatic heterocycles. The van der Waals surface area contributed by atoms with Crippen molar-refractivity contribution in [2.75, 3.05) is 0 Å². The first kappa shape index (κ1) is 13.5. The molecule has 2 aromatic rings. The normalized spacial score (nSPS) is 15.8. The topological polar surface area (TPSA) is 26.3 Å². The number of ether oxygens (including phenoxy) is 1. The fraction of sp³-hybridized carbons (Fsp3) is 0. The Kier molecular flexibility index (Phi) is 3.47. The molecule has 0 fully saturated rings. The summed E-state index contributed by atoms with van der Waals surface area (Å²) in [6.07, 6.45) is 0. The minimum Gasteiger partial charge on any atom is -0.421 e. The lowest BCUT2D eigenvalue weighted by atomic mass is 10.1. The monoisotopic (exact) mass is 324 g/mol. The lowest BCUT2D eigenvalue weighted by Crippen LogP contribution is -1.92. The number of carbonyl (C=O) groups excluding carboxylic acids is 1. The van der Waals surface area contributed by atoms with Crippen molar-refractivity contribution in [3.63, 3.8) is 0 Å². The van der Waals surface area contributed by atoms with Crippen molar-refractivity contribution in [1.29, 1.82) is 0 Å². The van der Waals surface area contributed by atoms with E-state index < -0.39 is 5.97 Å². The number of benzene rings is 2. The van der Waals surface area contributed by atoms with Gasteiger partial charge in [0.05, 0.1) is 20.6 Å². The summed E-state index contributed by atoms with van der Waals surface area (Å²) in [7, 11) is 0. The number of fused-ring (bicyclic) bond motifs is 1. The molecule has 2 aromatic carbocycles. The Bertz CT molecular complexity index is 751. The molecule has 100 valence electrons. The number of cyclic esters (lactones) is 1. The summed E-state index contributed by atoms with van der Waals surface area (Å²) in [5, 5.41) is 1.15. The molecule has 0 aliphatic carbocycles. The summed E-state index contributed by atoms with van der Waals surface area (Å²) >= 11 is 18.2. The number of hydrogen-bond donors (Lipinski definition) is 0. The van der Waals surface area contributed by atoms with Gasteiger partial charge in [-0.15, -0.1) is 0 Å². The summed E-state index contributed by atoms with van der Waals surface area (Å²) in [6, 6.07) is 12.1. The van der Waals surface area contributed by atoms with E-state index in [-0.39, 0.29) is 0 Å². The van der Waals surface area contributed by atoms with Crippen molar-refractivity contribution in [2.45, 2.75) is 0 Å². The van der Waals surface area contributed by atoms with Crippen LogP contribution in [0.1, 0.15) is 21.5 Å². The predicted octanol–water partition coefficient (Wildman–Crippen LogP) is 5.23. The lowest BCUT2D eigenvalue weighted by molar-refractivity contribution is 0.0717. The molecule has 0 N–H and O–H groups in total. The lowest BCUT2D eigenvalue weighted by Gasteiger charge is -2.05. The van der Waals surface area contributed by atoms with Crippen molar-refractivity contribution < 1.29 is 9.53 Å². The van der Waals surface area contributed by atoms with Crippen LogP contribution in [0.3, 0.4) is 0 Å². The maximum atomic E-state index is 11.8. The van der Waals surface area contributed by atoms with Gasteiger partial charge in [-0.2, -0.15) is 0 Å². The zero-order valence-electron chi connectivity index (χ0n) is 9.99. The standard InChI is InChI=1S/C15H7Cl3O2/c16-11-6-5-8(7-12(11)17)13(18)14-9-3-1-2-4-10(9)15(19)20-14/h1-7H. The molecule has 1 aliphatic rings. The smallest absolute Gasteiger partial charge is 0.344 e. The number of rotatable bonds is 1. The Balaban J connectivity index is 2.16. The van der Waals surface area contributed by atoms with E-state index in [9.17, 15) is 4.79 Å². The summed E-state index contributed by atoms with van der Waals surface area (Å²) < 4.78 is 5.25. The first-order chi connectivity index (χ1) is 9.58. The zero-order chi connectivity index (χ0) is 14.3. The molecular weight excluding hydrogens is 319 g/mol. The van der Waals surface area contributed by atoms with Crippen molar-refractivity contribution in [3.05, 3.63) is 69.2 Å². The van der Waals surface area contributed by atoms with Crippen LogP contribution in [0.5, 0.6) is 0 Å². The molecule has 0 spiro atoms. The highest BCUT2D eigenvalue weighted by Crippen LogP contribution is 2.38. The second-order valence-electron chi connectivity index (χ2n) is 4.21. The Hall–Kier alpha value is -1.48. The van der Waals surface area contributed by atoms with Gasteiger partial charge in [-0.25, -0.2) is 4.79 Å². The second kappa shape index (κ2) is 5.13. The average Bonchev–Trinajstić information content (AvgIpc) is 2.79. The van der Waals surface area contributed by atoms with E-state index in [1.165, 1.54) is 0 Å². The van der Waals surface area contributed by atoms with Crippen LogP contribution in [-0.4, -0.2) is 5.97 Å². The third-order valence-electron chi connectivity index (χ3n) is 2.96. The average molecular weight is 326 g/mol. The summed E-state index contributed by atoms with van der Waals surface area (Å²) in [5.41, 5.74) is 1.81. The molecule has 5 heteroatoms. The van der Waals surface area contributed by atoms with Crippen LogP contribution >= 0.6 is 34.8 Å². The number of hydrogen-bond acceptors (Lipinski definition) is 2. The maximum absolute atomic E-state index is 11.8. The van der Waals surface area contributed by atoms with Crippen molar-refractivity contribution in [3.8, 4) is 0 Å². The van der Waals surface area contributed by atoms with Crippen LogP contribution in [0, 0.1) is 0 Å². The van der Waals surface area contributed by atoms with Gasteiger partial charge in [-0.3, -0.25) is 0 Å². The van der Waals surface area contributed by atoms with Gasteiger partial charge >= 0.3 is 5.97 Å². The van der Waals surface area contributed by atoms with E-state index in [1.54, 1.807) is 36.4 Å². The Labute approximate surface area is 130 Å². The molecule has 0 bridgehead atoms. The first-order valence-electron chi connectivity index (χ1n) is 5.74. The van der Waals surface area contributed by atoms with E-state index in [0.29, 0.717) is 37.5 Å². The number of halogens is 3. The Morgan fingerprint density at radius 2 is 1.65 bits per heavy atom. The van der Waals surface area contributed by atoms with E-state index in [0.717, 1.165) is 0 Å². The van der Waals surface area contributed by atoms with Crippen LogP contribution in [-0.2, 0) is 4.74 Å². The summed E-state index contributed by atoms with van der Waals surface area (Å²) in [4.78, 5) is 11.8. The van der Waals surface area contributed by atoms with E-state index in [1.807, 2.05) is 6.07 Å². The number of carbonyl (C=O) groups is 1. The maximum Gasteiger partial charge on any atom is 0.344 e. The SMILES string of the molecule is O=C1OC(=C(Cl)c2ccc(Cl)c(Cl)c2)c2ccccc21. The molecule has 0 unspecified atom stereocenters. The molecular formula is C15H7Cl3O2. The van der Waals surface area contributed by atoms with Crippen molar-refractivity contribution in [2.24, 2.45) is 0 Å². The number of esters is 1. The van der Waals surface area contributed by atoms with E-state index in [2.05, 4.69) is 0 Å². The molecule has 0 atom stereocenters. The van der Waals surface area contributed by atoms with Crippen LogP contribution in [0.4, 0.5) is 0 Å². The van der Waals surface area contributed by atoms with Gasteiger partial charge in [0.2, 0.25) is 0 Å². The van der Waals surface area contributed by atoms with Gasteiger partial charge in [0, 0.05) is 5.56 Å². The minimum absolute atomic E-state index is 0.321. The van der Waals surface area contributed by atoms with Crippen molar-refractivity contribution in [1.82, 2.24) is 0 Å². The molecule has 3 rings (SSSR count). The zero-order valence-corrected chi connectivity index (χ0v) is 12.3. The van der Waals surface area contributed by atoms with Crippen LogP contribution in [0.2, 0.25) is 10.0 Å². The molecule has 20 heavy (non-hydrogen) atoms.